The van der Waals surface area contributed by atoms with Gasteiger partial charge in [0.2, 0.25) is 0 Å². The second kappa shape index (κ2) is 4.98. The number of anilines is 1. The highest BCUT2D eigenvalue weighted by Gasteiger charge is 2.17. The topological polar surface area (TPSA) is 50.4 Å². The summed E-state index contributed by atoms with van der Waals surface area (Å²) in [7, 11) is 0. The van der Waals surface area contributed by atoms with Crippen LogP contribution >= 0.6 is 0 Å². The number of aryl methyl sites for hydroxylation is 1. The Morgan fingerprint density at radius 2 is 2.33 bits per heavy atom. The van der Waals surface area contributed by atoms with Crippen molar-refractivity contribution in [2.75, 3.05) is 25.0 Å². The fourth-order valence-corrected chi connectivity index (χ4v) is 2.62. The molecule has 18 heavy (non-hydrogen) atoms. The summed E-state index contributed by atoms with van der Waals surface area (Å²) in [5.41, 5.74) is 2.08. The highest BCUT2D eigenvalue weighted by Crippen LogP contribution is 2.29. The minimum absolute atomic E-state index is 0.0698. The maximum atomic E-state index is 11.3. The van der Waals surface area contributed by atoms with Crippen molar-refractivity contribution in [3.05, 3.63) is 23.8 Å². The van der Waals surface area contributed by atoms with E-state index in [1.807, 2.05) is 12.1 Å². The SMILES string of the molecule is O=C1COc2ccc(CCC3CCNC3)cc2N1. The third-order valence-electron chi connectivity index (χ3n) is 3.68. The first-order valence-electron chi connectivity index (χ1n) is 6.57. The van der Waals surface area contributed by atoms with E-state index in [4.69, 9.17) is 4.74 Å². The normalized spacial score (nSPS) is 22.2. The standard InChI is InChI=1S/C14H18N2O2/c17-14-9-18-13-4-3-10(7-12(13)16-14)1-2-11-5-6-15-8-11/h3-4,7,11,15H,1-2,5-6,8-9H2,(H,16,17). The molecule has 0 saturated carbocycles. The van der Waals surface area contributed by atoms with E-state index in [-0.39, 0.29) is 12.5 Å². The van der Waals surface area contributed by atoms with Crippen LogP contribution in [-0.2, 0) is 11.2 Å². The van der Waals surface area contributed by atoms with Crippen LogP contribution in [0.15, 0.2) is 18.2 Å². The molecule has 2 heterocycles. The number of fused-ring (bicyclic) bond motifs is 1. The predicted octanol–water partition coefficient (Wildman–Crippen LogP) is 1.56. The first-order chi connectivity index (χ1) is 8.81. The number of ether oxygens (including phenoxy) is 1. The van der Waals surface area contributed by atoms with Gasteiger partial charge in [0.15, 0.2) is 6.61 Å². The predicted molar refractivity (Wildman–Crippen MR) is 69.9 cm³/mol. The Labute approximate surface area is 107 Å². The van der Waals surface area contributed by atoms with Gasteiger partial charge in [0.1, 0.15) is 5.75 Å². The van der Waals surface area contributed by atoms with Gasteiger partial charge in [0, 0.05) is 0 Å². The van der Waals surface area contributed by atoms with Crippen LogP contribution in [0.5, 0.6) is 5.75 Å². The maximum Gasteiger partial charge on any atom is 0.262 e. The molecule has 1 atom stereocenters. The van der Waals surface area contributed by atoms with Crippen molar-refractivity contribution in [1.29, 1.82) is 0 Å². The number of hydrogen-bond acceptors (Lipinski definition) is 3. The molecule has 96 valence electrons. The summed E-state index contributed by atoms with van der Waals surface area (Å²) in [5, 5.41) is 6.24. The van der Waals surface area contributed by atoms with Crippen LogP contribution < -0.4 is 15.4 Å². The fraction of sp³-hybridized carbons (Fsp3) is 0.500. The van der Waals surface area contributed by atoms with Crippen molar-refractivity contribution in [3.63, 3.8) is 0 Å². The van der Waals surface area contributed by atoms with Gasteiger partial charge in [-0.1, -0.05) is 6.07 Å². The molecule has 0 aliphatic carbocycles. The van der Waals surface area contributed by atoms with E-state index in [0.717, 1.165) is 36.9 Å². The number of carbonyl (C=O) groups excluding carboxylic acids is 1. The average Bonchev–Trinajstić information content (AvgIpc) is 2.89. The van der Waals surface area contributed by atoms with Crippen molar-refractivity contribution >= 4 is 11.6 Å². The largest absolute Gasteiger partial charge is 0.482 e. The average molecular weight is 246 g/mol. The molecule has 1 fully saturated rings. The van der Waals surface area contributed by atoms with E-state index in [0.29, 0.717) is 0 Å². The van der Waals surface area contributed by atoms with Crippen LogP contribution in [0.1, 0.15) is 18.4 Å². The van der Waals surface area contributed by atoms with Crippen molar-refractivity contribution in [3.8, 4) is 5.75 Å². The Hall–Kier alpha value is -1.55. The van der Waals surface area contributed by atoms with Crippen LogP contribution in [0.4, 0.5) is 5.69 Å². The lowest BCUT2D eigenvalue weighted by molar-refractivity contribution is -0.118. The molecule has 0 radical (unpaired) electrons. The molecular weight excluding hydrogens is 228 g/mol. The number of amides is 1. The molecule has 2 aliphatic rings. The van der Waals surface area contributed by atoms with Crippen LogP contribution in [0.25, 0.3) is 0 Å². The van der Waals surface area contributed by atoms with Gasteiger partial charge in [-0.3, -0.25) is 4.79 Å². The first-order valence-corrected chi connectivity index (χ1v) is 6.57. The van der Waals surface area contributed by atoms with Crippen LogP contribution in [0.2, 0.25) is 0 Å². The molecular formula is C14H18N2O2. The third-order valence-corrected chi connectivity index (χ3v) is 3.68. The van der Waals surface area contributed by atoms with Crippen molar-refractivity contribution in [2.24, 2.45) is 5.92 Å². The Morgan fingerprint density at radius 1 is 1.39 bits per heavy atom. The molecule has 0 aromatic heterocycles. The van der Waals surface area contributed by atoms with Gasteiger partial charge >= 0.3 is 0 Å². The Kier molecular flexibility index (Phi) is 3.19. The van der Waals surface area contributed by atoms with Crippen LogP contribution in [0.3, 0.4) is 0 Å². The summed E-state index contributed by atoms with van der Waals surface area (Å²) in [5.74, 6) is 1.51. The monoisotopic (exact) mass is 246 g/mol. The molecule has 0 bridgehead atoms. The Morgan fingerprint density at radius 3 is 3.17 bits per heavy atom. The van der Waals surface area contributed by atoms with E-state index in [9.17, 15) is 4.79 Å². The zero-order valence-corrected chi connectivity index (χ0v) is 10.4. The van der Waals surface area contributed by atoms with Crippen LogP contribution in [0, 0.1) is 5.92 Å². The summed E-state index contributed by atoms with van der Waals surface area (Å²) < 4.78 is 5.35. The molecule has 1 amide bonds. The van der Waals surface area contributed by atoms with Gasteiger partial charge < -0.3 is 15.4 Å². The zero-order chi connectivity index (χ0) is 12.4. The minimum Gasteiger partial charge on any atom is -0.482 e. The molecule has 2 aliphatic heterocycles. The summed E-state index contributed by atoms with van der Waals surface area (Å²) in [6.07, 6.45) is 3.56. The Balaban J connectivity index is 1.65. The Bertz CT molecular complexity index is 453. The molecule has 4 heteroatoms. The molecule has 1 aromatic carbocycles. The van der Waals surface area contributed by atoms with Gasteiger partial charge in [-0.2, -0.15) is 0 Å². The summed E-state index contributed by atoms with van der Waals surface area (Å²) in [4.78, 5) is 11.3. The zero-order valence-electron chi connectivity index (χ0n) is 10.4. The molecule has 1 unspecified atom stereocenters. The van der Waals surface area contributed by atoms with E-state index >= 15 is 0 Å². The smallest absolute Gasteiger partial charge is 0.262 e. The van der Waals surface area contributed by atoms with E-state index in [1.165, 1.54) is 18.4 Å². The highest BCUT2D eigenvalue weighted by atomic mass is 16.5. The van der Waals surface area contributed by atoms with Crippen molar-refractivity contribution < 1.29 is 9.53 Å². The molecule has 3 rings (SSSR count). The quantitative estimate of drug-likeness (QED) is 0.851. The van der Waals surface area contributed by atoms with E-state index in [1.54, 1.807) is 0 Å². The third kappa shape index (κ3) is 2.48. The molecule has 4 nitrogen and oxygen atoms in total. The van der Waals surface area contributed by atoms with Crippen molar-refractivity contribution in [2.45, 2.75) is 19.3 Å². The number of benzene rings is 1. The number of rotatable bonds is 3. The van der Waals surface area contributed by atoms with E-state index < -0.39 is 0 Å². The van der Waals surface area contributed by atoms with Crippen LogP contribution in [-0.4, -0.2) is 25.6 Å². The second-order valence-corrected chi connectivity index (χ2v) is 5.06. The second-order valence-electron chi connectivity index (χ2n) is 5.06. The van der Waals surface area contributed by atoms with Gasteiger partial charge in [0.25, 0.3) is 5.91 Å². The maximum absolute atomic E-state index is 11.3. The lowest BCUT2D eigenvalue weighted by Crippen LogP contribution is -2.25. The summed E-state index contributed by atoms with van der Waals surface area (Å²) >= 11 is 0. The van der Waals surface area contributed by atoms with Gasteiger partial charge in [-0.05, 0) is 56.0 Å². The lowest BCUT2D eigenvalue weighted by atomic mass is 9.98. The van der Waals surface area contributed by atoms with Gasteiger partial charge in [-0.25, -0.2) is 0 Å². The number of nitrogens with one attached hydrogen (secondary N) is 2. The van der Waals surface area contributed by atoms with Gasteiger partial charge in [0.05, 0.1) is 5.69 Å². The number of carbonyl (C=O) groups is 1. The van der Waals surface area contributed by atoms with Gasteiger partial charge in [-0.15, -0.1) is 0 Å². The number of hydrogen-bond donors (Lipinski definition) is 2. The minimum atomic E-state index is -0.0698. The lowest BCUT2D eigenvalue weighted by Gasteiger charge is -2.18. The molecule has 2 N–H and O–H groups in total. The van der Waals surface area contributed by atoms with Crippen molar-refractivity contribution in [1.82, 2.24) is 5.32 Å². The van der Waals surface area contributed by atoms with E-state index in [2.05, 4.69) is 16.7 Å². The fourth-order valence-electron chi connectivity index (χ4n) is 2.62. The molecule has 1 saturated heterocycles. The first kappa shape index (κ1) is 11.5. The highest BCUT2D eigenvalue weighted by molar-refractivity contribution is 5.95. The molecule has 1 aromatic rings. The molecule has 0 spiro atoms. The summed E-state index contributed by atoms with van der Waals surface area (Å²) in [6, 6.07) is 6.09. The summed E-state index contributed by atoms with van der Waals surface area (Å²) in [6.45, 7) is 2.42.